The highest BCUT2D eigenvalue weighted by molar-refractivity contribution is 9.10. The van der Waals surface area contributed by atoms with E-state index in [9.17, 15) is 0 Å². The smallest absolute Gasteiger partial charge is 0.174 e. The molecule has 1 atom stereocenters. The van der Waals surface area contributed by atoms with E-state index in [0.717, 1.165) is 23.1 Å². The van der Waals surface area contributed by atoms with Crippen LogP contribution in [0.1, 0.15) is 28.3 Å². The number of benzene rings is 2. The lowest BCUT2D eigenvalue weighted by Gasteiger charge is -2.19. The van der Waals surface area contributed by atoms with Gasteiger partial charge < -0.3 is 9.73 Å². The summed E-state index contributed by atoms with van der Waals surface area (Å²) in [4.78, 5) is 0. The molecule has 0 aliphatic heterocycles. The molecule has 106 valence electrons. The van der Waals surface area contributed by atoms with Gasteiger partial charge in [0, 0.05) is 5.56 Å². The topological polar surface area (TPSA) is 25.2 Å². The lowest BCUT2D eigenvalue weighted by molar-refractivity contribution is 0.530. The first-order valence-electron chi connectivity index (χ1n) is 7.23. The Morgan fingerprint density at radius 1 is 1.05 bits per heavy atom. The highest BCUT2D eigenvalue weighted by Gasteiger charge is 2.22. The highest BCUT2D eigenvalue weighted by atomic mass is 79.9. The fourth-order valence-corrected chi connectivity index (χ4v) is 3.98. The first-order valence-corrected chi connectivity index (χ1v) is 8.02. The van der Waals surface area contributed by atoms with Crippen molar-refractivity contribution in [1.82, 2.24) is 5.32 Å². The minimum atomic E-state index is 0.128. The third-order valence-corrected chi connectivity index (χ3v) is 5.11. The Kier molecular flexibility index (Phi) is 3.12. The maximum absolute atomic E-state index is 5.42. The number of rotatable bonds is 3. The van der Waals surface area contributed by atoms with Crippen LogP contribution in [0.2, 0.25) is 0 Å². The van der Waals surface area contributed by atoms with Crippen LogP contribution in [0.25, 0.3) is 10.8 Å². The van der Waals surface area contributed by atoms with Gasteiger partial charge in [0.05, 0.1) is 12.3 Å². The van der Waals surface area contributed by atoms with E-state index in [0.29, 0.717) is 0 Å². The molecule has 1 unspecified atom stereocenters. The monoisotopic (exact) mass is 341 g/mol. The molecule has 4 rings (SSSR count). The van der Waals surface area contributed by atoms with Crippen molar-refractivity contribution >= 4 is 26.7 Å². The Hall–Kier alpha value is -1.58. The molecule has 0 amide bonds. The highest BCUT2D eigenvalue weighted by Crippen LogP contribution is 2.38. The van der Waals surface area contributed by atoms with Gasteiger partial charge in [-0.1, -0.05) is 30.3 Å². The maximum Gasteiger partial charge on any atom is 0.174 e. The lowest BCUT2D eigenvalue weighted by atomic mass is 9.93. The zero-order valence-electron chi connectivity index (χ0n) is 11.8. The molecule has 3 heteroatoms. The Bertz CT molecular complexity index is 811. The summed E-state index contributed by atoms with van der Waals surface area (Å²) >= 11 is 3.50. The first kappa shape index (κ1) is 13.1. The van der Waals surface area contributed by atoms with Gasteiger partial charge in [0.2, 0.25) is 0 Å². The van der Waals surface area contributed by atoms with E-state index in [-0.39, 0.29) is 6.04 Å². The van der Waals surface area contributed by atoms with Gasteiger partial charge in [0.25, 0.3) is 0 Å². The maximum atomic E-state index is 5.42. The van der Waals surface area contributed by atoms with Crippen LogP contribution in [0.5, 0.6) is 0 Å². The van der Waals surface area contributed by atoms with E-state index in [1.165, 1.54) is 27.5 Å². The van der Waals surface area contributed by atoms with Crippen molar-refractivity contribution in [2.24, 2.45) is 0 Å². The molecule has 1 aliphatic rings. The van der Waals surface area contributed by atoms with Crippen molar-refractivity contribution in [3.8, 4) is 0 Å². The fourth-order valence-electron chi connectivity index (χ4n) is 3.51. The van der Waals surface area contributed by atoms with E-state index in [1.54, 1.807) is 6.26 Å². The van der Waals surface area contributed by atoms with Gasteiger partial charge in [-0.25, -0.2) is 0 Å². The second kappa shape index (κ2) is 5.00. The molecule has 1 N–H and O–H groups in total. The van der Waals surface area contributed by atoms with Gasteiger partial charge in [-0.15, -0.1) is 0 Å². The first-order chi connectivity index (χ1) is 10.3. The van der Waals surface area contributed by atoms with Crippen LogP contribution in [-0.2, 0) is 12.8 Å². The minimum Gasteiger partial charge on any atom is -0.457 e. The molecule has 0 spiro atoms. The van der Waals surface area contributed by atoms with E-state index in [2.05, 4.69) is 51.6 Å². The Balaban J connectivity index is 1.97. The van der Waals surface area contributed by atoms with Crippen molar-refractivity contribution in [3.05, 3.63) is 69.6 Å². The van der Waals surface area contributed by atoms with Crippen molar-refractivity contribution in [3.63, 3.8) is 0 Å². The SMILES string of the molecule is CNC(c1ccoc1Br)c1ccc2c3c(cccc13)CC2. The average molecular weight is 342 g/mol. The molecule has 0 bridgehead atoms. The molecular weight excluding hydrogens is 326 g/mol. The van der Waals surface area contributed by atoms with E-state index in [4.69, 9.17) is 4.42 Å². The fraction of sp³-hybridized carbons (Fsp3) is 0.222. The summed E-state index contributed by atoms with van der Waals surface area (Å²) in [5.74, 6) is 0. The quantitative estimate of drug-likeness (QED) is 0.752. The van der Waals surface area contributed by atoms with Crippen LogP contribution in [0.4, 0.5) is 0 Å². The summed E-state index contributed by atoms with van der Waals surface area (Å²) in [6.45, 7) is 0. The minimum absolute atomic E-state index is 0.128. The largest absolute Gasteiger partial charge is 0.457 e. The summed E-state index contributed by atoms with van der Waals surface area (Å²) in [6, 6.07) is 13.4. The molecule has 0 fully saturated rings. The number of halogens is 1. The summed E-state index contributed by atoms with van der Waals surface area (Å²) < 4.78 is 6.21. The van der Waals surface area contributed by atoms with Crippen LogP contribution in [0.15, 0.2) is 51.7 Å². The Morgan fingerprint density at radius 3 is 2.57 bits per heavy atom. The third-order valence-electron chi connectivity index (χ3n) is 4.47. The van der Waals surface area contributed by atoms with Gasteiger partial charge in [-0.05, 0) is 69.3 Å². The molecule has 1 aliphatic carbocycles. The van der Waals surface area contributed by atoms with Crippen molar-refractivity contribution < 1.29 is 4.42 Å². The summed E-state index contributed by atoms with van der Waals surface area (Å²) in [5, 5.41) is 6.23. The second-order valence-corrected chi connectivity index (χ2v) is 6.25. The van der Waals surface area contributed by atoms with Crippen molar-refractivity contribution in [2.45, 2.75) is 18.9 Å². The molecule has 0 saturated heterocycles. The predicted octanol–water partition coefficient (Wildman–Crippen LogP) is 4.60. The molecule has 0 saturated carbocycles. The van der Waals surface area contributed by atoms with Crippen LogP contribution in [0.3, 0.4) is 0 Å². The number of hydrogen-bond donors (Lipinski definition) is 1. The van der Waals surface area contributed by atoms with Crippen molar-refractivity contribution in [2.75, 3.05) is 7.05 Å². The summed E-state index contributed by atoms with van der Waals surface area (Å²) in [7, 11) is 1.99. The van der Waals surface area contributed by atoms with Gasteiger partial charge in [-0.2, -0.15) is 0 Å². The molecule has 2 nitrogen and oxygen atoms in total. The van der Waals surface area contributed by atoms with Crippen LogP contribution in [0, 0.1) is 0 Å². The zero-order valence-corrected chi connectivity index (χ0v) is 13.4. The van der Waals surface area contributed by atoms with Gasteiger partial charge in [-0.3, -0.25) is 0 Å². The normalized spacial score (nSPS) is 14.8. The Morgan fingerprint density at radius 2 is 1.86 bits per heavy atom. The number of aryl methyl sites for hydroxylation is 2. The Labute approximate surface area is 132 Å². The molecule has 21 heavy (non-hydrogen) atoms. The standard InChI is InChI=1S/C18H16BrNO/c1-20-17(15-9-10-21-18(15)19)14-8-7-12-6-5-11-3-2-4-13(14)16(11)12/h2-4,7-10,17,20H,5-6H2,1H3. The summed E-state index contributed by atoms with van der Waals surface area (Å²) in [6.07, 6.45) is 4.05. The van der Waals surface area contributed by atoms with Crippen LogP contribution >= 0.6 is 15.9 Å². The molecular formula is C18H16BrNO. The van der Waals surface area contributed by atoms with Crippen molar-refractivity contribution in [1.29, 1.82) is 0 Å². The molecule has 0 radical (unpaired) electrons. The molecule has 1 aromatic heterocycles. The number of nitrogens with one attached hydrogen (secondary N) is 1. The number of hydrogen-bond acceptors (Lipinski definition) is 2. The predicted molar refractivity (Wildman–Crippen MR) is 88.7 cm³/mol. The van der Waals surface area contributed by atoms with E-state index < -0.39 is 0 Å². The van der Waals surface area contributed by atoms with E-state index >= 15 is 0 Å². The molecule has 3 aromatic rings. The van der Waals surface area contributed by atoms with Gasteiger partial charge in [0.15, 0.2) is 4.67 Å². The second-order valence-electron chi connectivity index (χ2n) is 5.52. The van der Waals surface area contributed by atoms with Gasteiger partial charge >= 0.3 is 0 Å². The van der Waals surface area contributed by atoms with Crippen LogP contribution < -0.4 is 5.32 Å². The third kappa shape index (κ3) is 1.95. The summed E-state index contributed by atoms with van der Waals surface area (Å²) in [5.41, 5.74) is 5.40. The van der Waals surface area contributed by atoms with Crippen LogP contribution in [-0.4, -0.2) is 7.05 Å². The molecule has 1 heterocycles. The van der Waals surface area contributed by atoms with Gasteiger partial charge in [0.1, 0.15) is 0 Å². The average Bonchev–Trinajstić information content (AvgIpc) is 3.11. The zero-order chi connectivity index (χ0) is 14.4. The van der Waals surface area contributed by atoms with E-state index in [1.807, 2.05) is 13.1 Å². The molecule has 2 aromatic carbocycles. The number of furan rings is 1. The lowest BCUT2D eigenvalue weighted by Crippen LogP contribution is -2.17.